The Morgan fingerprint density at radius 3 is 2.87 bits per heavy atom. The third-order valence-corrected chi connectivity index (χ3v) is 1.99. The highest BCUT2D eigenvalue weighted by Gasteiger charge is 1.95. The van der Waals surface area contributed by atoms with Gasteiger partial charge in [-0.15, -0.1) is 0 Å². The van der Waals surface area contributed by atoms with Crippen LogP contribution in [0.1, 0.15) is 18.9 Å². The van der Waals surface area contributed by atoms with Crippen LogP contribution in [0.3, 0.4) is 0 Å². The van der Waals surface area contributed by atoms with Crippen LogP contribution in [0.25, 0.3) is 0 Å². The molecule has 0 aliphatic heterocycles. The number of ether oxygens (including phenoxy) is 2. The van der Waals surface area contributed by atoms with Gasteiger partial charge in [0.05, 0.1) is 13.2 Å². The van der Waals surface area contributed by atoms with Gasteiger partial charge in [0.1, 0.15) is 5.75 Å². The highest BCUT2D eigenvalue weighted by Crippen LogP contribution is 2.13. The minimum atomic E-state index is 0.0517. The summed E-state index contributed by atoms with van der Waals surface area (Å²) in [6.07, 6.45) is 0.886. The molecule has 0 amide bonds. The zero-order valence-electron chi connectivity index (χ0n) is 9.11. The normalized spacial score (nSPS) is 10.3. The lowest BCUT2D eigenvalue weighted by atomic mass is 10.2. The molecule has 1 aromatic carbocycles. The van der Waals surface area contributed by atoms with Gasteiger partial charge in [-0.1, -0.05) is 12.1 Å². The van der Waals surface area contributed by atoms with Crippen molar-refractivity contribution in [3.8, 4) is 5.75 Å². The van der Waals surface area contributed by atoms with Crippen molar-refractivity contribution in [2.75, 3.05) is 19.8 Å². The fraction of sp³-hybridized carbons (Fsp3) is 0.500. The number of hydrogen-bond donors (Lipinski definition) is 1. The Balaban J connectivity index is 2.24. The largest absolute Gasteiger partial charge is 0.493 e. The first-order valence-electron chi connectivity index (χ1n) is 5.27. The fourth-order valence-electron chi connectivity index (χ4n) is 1.23. The number of aliphatic hydroxyl groups excluding tert-OH is 1. The van der Waals surface area contributed by atoms with Gasteiger partial charge >= 0.3 is 0 Å². The molecule has 1 aromatic rings. The minimum absolute atomic E-state index is 0.0517. The van der Waals surface area contributed by atoms with E-state index in [9.17, 15) is 0 Å². The van der Waals surface area contributed by atoms with E-state index in [1.165, 1.54) is 0 Å². The Bertz CT molecular complexity index is 273. The van der Waals surface area contributed by atoms with Crippen molar-refractivity contribution in [3.05, 3.63) is 29.8 Å². The second kappa shape index (κ2) is 7.26. The molecule has 3 heteroatoms. The number of benzene rings is 1. The molecule has 0 atom stereocenters. The molecule has 3 nitrogen and oxygen atoms in total. The number of hydrogen-bond acceptors (Lipinski definition) is 3. The molecule has 0 heterocycles. The predicted octanol–water partition coefficient (Wildman–Crippen LogP) is 1.98. The van der Waals surface area contributed by atoms with Crippen LogP contribution in [0, 0.1) is 0 Å². The second-order valence-corrected chi connectivity index (χ2v) is 3.20. The Hall–Kier alpha value is -1.06. The van der Waals surface area contributed by atoms with Crippen molar-refractivity contribution in [1.29, 1.82) is 0 Å². The maximum Gasteiger partial charge on any atom is 0.119 e. The van der Waals surface area contributed by atoms with Gasteiger partial charge < -0.3 is 14.6 Å². The first kappa shape index (κ1) is 12.0. The summed E-state index contributed by atoms with van der Waals surface area (Å²) in [6.45, 7) is 4.16. The highest BCUT2D eigenvalue weighted by molar-refractivity contribution is 5.27. The topological polar surface area (TPSA) is 38.7 Å². The van der Waals surface area contributed by atoms with Gasteiger partial charge in [-0.3, -0.25) is 0 Å². The van der Waals surface area contributed by atoms with E-state index in [-0.39, 0.29) is 6.61 Å². The van der Waals surface area contributed by atoms with Gasteiger partial charge in [-0.05, 0) is 24.6 Å². The van der Waals surface area contributed by atoms with Gasteiger partial charge in [0.2, 0.25) is 0 Å². The fourth-order valence-corrected chi connectivity index (χ4v) is 1.23. The Morgan fingerprint density at radius 2 is 2.13 bits per heavy atom. The van der Waals surface area contributed by atoms with E-state index < -0.39 is 0 Å². The van der Waals surface area contributed by atoms with Gasteiger partial charge in [0, 0.05) is 19.6 Å². The van der Waals surface area contributed by atoms with E-state index in [0.29, 0.717) is 6.61 Å². The average molecular weight is 210 g/mol. The molecular formula is C12H18O3. The SMILES string of the molecule is CCOCCCOc1cccc(CO)c1. The molecule has 0 saturated heterocycles. The summed E-state index contributed by atoms with van der Waals surface area (Å²) in [4.78, 5) is 0. The summed E-state index contributed by atoms with van der Waals surface area (Å²) >= 11 is 0. The molecule has 0 aliphatic rings. The molecule has 0 unspecified atom stereocenters. The molecule has 0 aliphatic carbocycles. The summed E-state index contributed by atoms with van der Waals surface area (Å²) in [5.74, 6) is 0.804. The Morgan fingerprint density at radius 1 is 1.27 bits per heavy atom. The van der Waals surface area contributed by atoms with Crippen LogP contribution in [0.2, 0.25) is 0 Å². The second-order valence-electron chi connectivity index (χ2n) is 3.20. The molecule has 0 radical (unpaired) electrons. The van der Waals surface area contributed by atoms with Crippen LogP contribution >= 0.6 is 0 Å². The Labute approximate surface area is 90.6 Å². The van der Waals surface area contributed by atoms with Crippen LogP contribution < -0.4 is 4.74 Å². The number of aliphatic hydroxyl groups is 1. The molecule has 0 bridgehead atoms. The minimum Gasteiger partial charge on any atom is -0.493 e. The zero-order valence-corrected chi connectivity index (χ0v) is 9.11. The molecule has 0 fully saturated rings. The molecular weight excluding hydrogens is 192 g/mol. The lowest BCUT2D eigenvalue weighted by Gasteiger charge is -2.07. The molecule has 84 valence electrons. The van der Waals surface area contributed by atoms with E-state index in [2.05, 4.69) is 0 Å². The van der Waals surface area contributed by atoms with Crippen molar-refractivity contribution in [2.45, 2.75) is 20.0 Å². The quantitative estimate of drug-likeness (QED) is 0.699. The van der Waals surface area contributed by atoms with Crippen LogP contribution in [-0.4, -0.2) is 24.9 Å². The first-order chi connectivity index (χ1) is 7.36. The summed E-state index contributed by atoms with van der Waals surface area (Å²) in [6, 6.07) is 7.48. The average Bonchev–Trinajstić information content (AvgIpc) is 2.29. The van der Waals surface area contributed by atoms with Gasteiger partial charge in [0.15, 0.2) is 0 Å². The monoisotopic (exact) mass is 210 g/mol. The summed E-state index contributed by atoms with van der Waals surface area (Å²) < 4.78 is 10.7. The van der Waals surface area contributed by atoms with Crippen molar-refractivity contribution in [3.63, 3.8) is 0 Å². The van der Waals surface area contributed by atoms with Crippen molar-refractivity contribution < 1.29 is 14.6 Å². The molecule has 0 saturated carbocycles. The molecule has 1 N–H and O–H groups in total. The molecule has 1 rings (SSSR count). The third kappa shape index (κ3) is 4.81. The van der Waals surface area contributed by atoms with Crippen LogP contribution in [0.15, 0.2) is 24.3 Å². The highest BCUT2D eigenvalue weighted by atomic mass is 16.5. The van der Waals surface area contributed by atoms with Gasteiger partial charge in [-0.2, -0.15) is 0 Å². The van der Waals surface area contributed by atoms with Crippen molar-refractivity contribution in [2.24, 2.45) is 0 Å². The lowest BCUT2D eigenvalue weighted by Crippen LogP contribution is -2.03. The standard InChI is InChI=1S/C12H18O3/c1-2-14-7-4-8-15-12-6-3-5-11(9-12)10-13/h3,5-6,9,13H,2,4,7-8,10H2,1H3. The van der Waals surface area contributed by atoms with Crippen LogP contribution in [0.5, 0.6) is 5.75 Å². The van der Waals surface area contributed by atoms with Crippen molar-refractivity contribution in [1.82, 2.24) is 0 Å². The summed E-state index contributed by atoms with van der Waals surface area (Å²) in [7, 11) is 0. The Kier molecular flexibility index (Phi) is 5.81. The maximum atomic E-state index is 8.93. The number of rotatable bonds is 7. The first-order valence-corrected chi connectivity index (χ1v) is 5.27. The molecule has 0 spiro atoms. The summed E-state index contributed by atoms with van der Waals surface area (Å²) in [5.41, 5.74) is 0.873. The van der Waals surface area contributed by atoms with E-state index in [1.807, 2.05) is 31.2 Å². The van der Waals surface area contributed by atoms with E-state index in [1.54, 1.807) is 0 Å². The maximum absolute atomic E-state index is 8.93. The predicted molar refractivity (Wildman–Crippen MR) is 59.0 cm³/mol. The van der Waals surface area contributed by atoms with E-state index in [0.717, 1.165) is 30.9 Å². The van der Waals surface area contributed by atoms with E-state index >= 15 is 0 Å². The van der Waals surface area contributed by atoms with Gasteiger partial charge in [-0.25, -0.2) is 0 Å². The third-order valence-electron chi connectivity index (χ3n) is 1.99. The summed E-state index contributed by atoms with van der Waals surface area (Å²) in [5, 5.41) is 8.93. The molecule has 15 heavy (non-hydrogen) atoms. The van der Waals surface area contributed by atoms with E-state index in [4.69, 9.17) is 14.6 Å². The smallest absolute Gasteiger partial charge is 0.119 e. The van der Waals surface area contributed by atoms with Crippen LogP contribution in [0.4, 0.5) is 0 Å². The molecule has 0 aromatic heterocycles. The van der Waals surface area contributed by atoms with Crippen molar-refractivity contribution >= 4 is 0 Å². The van der Waals surface area contributed by atoms with Crippen LogP contribution in [-0.2, 0) is 11.3 Å². The lowest BCUT2D eigenvalue weighted by molar-refractivity contribution is 0.131. The zero-order chi connectivity index (χ0) is 10.9. The van der Waals surface area contributed by atoms with Gasteiger partial charge in [0.25, 0.3) is 0 Å².